The van der Waals surface area contributed by atoms with E-state index in [2.05, 4.69) is 0 Å². The molecule has 0 bridgehead atoms. The lowest BCUT2D eigenvalue weighted by Crippen LogP contribution is -2.52. The van der Waals surface area contributed by atoms with E-state index in [0.29, 0.717) is 43.7 Å². The number of ketones is 1. The summed E-state index contributed by atoms with van der Waals surface area (Å²) in [6, 6.07) is 11.7. The van der Waals surface area contributed by atoms with E-state index >= 15 is 0 Å². The standard InChI is InChI=1S/C23H22FNO3/c1-16-2-8-21-19(14-16)20(26)15-23(28-21)10-12-25(13-11-23)22(27)9-5-17-3-6-18(24)7-4-17/h2-9,14H,10-13,15H2,1H3/b9-5+. The Hall–Kier alpha value is -2.95. The number of hydrogen-bond donors (Lipinski definition) is 0. The fraction of sp³-hybridized carbons (Fsp3) is 0.304. The summed E-state index contributed by atoms with van der Waals surface area (Å²) in [6.45, 7) is 3.05. The minimum atomic E-state index is -0.517. The number of amides is 1. The molecular weight excluding hydrogens is 357 g/mol. The second-order valence-corrected chi connectivity index (χ2v) is 7.59. The number of hydrogen-bond acceptors (Lipinski definition) is 3. The van der Waals surface area contributed by atoms with Gasteiger partial charge in [0.05, 0.1) is 12.0 Å². The molecule has 28 heavy (non-hydrogen) atoms. The number of carbonyl (C=O) groups excluding carboxylic acids is 2. The van der Waals surface area contributed by atoms with Crippen LogP contribution in [-0.4, -0.2) is 35.3 Å². The Morgan fingerprint density at radius 3 is 2.57 bits per heavy atom. The summed E-state index contributed by atoms with van der Waals surface area (Å²) in [6.07, 6.45) is 4.81. The molecule has 2 aliphatic heterocycles. The number of halogens is 1. The van der Waals surface area contributed by atoms with Crippen molar-refractivity contribution < 1.29 is 18.7 Å². The van der Waals surface area contributed by atoms with Crippen LogP contribution in [0.5, 0.6) is 5.75 Å². The van der Waals surface area contributed by atoms with E-state index in [4.69, 9.17) is 4.74 Å². The van der Waals surface area contributed by atoms with Gasteiger partial charge < -0.3 is 9.64 Å². The van der Waals surface area contributed by atoms with E-state index in [1.165, 1.54) is 18.2 Å². The zero-order chi connectivity index (χ0) is 19.7. The van der Waals surface area contributed by atoms with Gasteiger partial charge in [-0.15, -0.1) is 0 Å². The number of fused-ring (bicyclic) bond motifs is 1. The molecule has 2 aromatic carbocycles. The molecule has 0 atom stereocenters. The monoisotopic (exact) mass is 379 g/mol. The molecule has 1 spiro atoms. The van der Waals surface area contributed by atoms with Gasteiger partial charge >= 0.3 is 0 Å². The maximum absolute atomic E-state index is 13.0. The molecule has 5 heteroatoms. The van der Waals surface area contributed by atoms with Gasteiger partial charge in [0.25, 0.3) is 0 Å². The first-order valence-corrected chi connectivity index (χ1v) is 9.50. The van der Waals surface area contributed by atoms with Crippen LogP contribution in [0.3, 0.4) is 0 Å². The summed E-state index contributed by atoms with van der Waals surface area (Å²) in [5.74, 6) is 0.375. The summed E-state index contributed by atoms with van der Waals surface area (Å²) < 4.78 is 19.2. The van der Waals surface area contributed by atoms with Crippen LogP contribution >= 0.6 is 0 Å². The molecule has 144 valence electrons. The van der Waals surface area contributed by atoms with Crippen molar-refractivity contribution in [1.82, 2.24) is 4.90 Å². The van der Waals surface area contributed by atoms with Crippen LogP contribution in [0.15, 0.2) is 48.5 Å². The molecule has 2 heterocycles. The fourth-order valence-corrected chi connectivity index (χ4v) is 3.87. The molecule has 0 aliphatic carbocycles. The number of carbonyl (C=O) groups is 2. The molecule has 2 aliphatic rings. The second kappa shape index (κ2) is 7.23. The SMILES string of the molecule is Cc1ccc2c(c1)C(=O)CC1(CCN(C(=O)/C=C/c3ccc(F)cc3)CC1)O2. The van der Waals surface area contributed by atoms with Gasteiger partial charge in [0.1, 0.15) is 17.2 Å². The largest absolute Gasteiger partial charge is 0.486 e. The Bertz CT molecular complexity index is 941. The number of rotatable bonds is 2. The van der Waals surface area contributed by atoms with Crippen LogP contribution < -0.4 is 4.74 Å². The molecule has 2 aromatic rings. The minimum Gasteiger partial charge on any atom is -0.486 e. The predicted octanol–water partition coefficient (Wildman–Crippen LogP) is 4.17. The first-order valence-electron chi connectivity index (χ1n) is 9.50. The van der Waals surface area contributed by atoms with Gasteiger partial charge in [-0.25, -0.2) is 4.39 Å². The highest BCUT2D eigenvalue weighted by molar-refractivity contribution is 6.00. The van der Waals surface area contributed by atoms with Gasteiger partial charge in [-0.2, -0.15) is 0 Å². The summed E-state index contributed by atoms with van der Waals surface area (Å²) in [7, 11) is 0. The average molecular weight is 379 g/mol. The molecule has 0 saturated carbocycles. The molecule has 4 rings (SSSR count). The number of piperidine rings is 1. The van der Waals surface area contributed by atoms with Crippen LogP contribution in [0.2, 0.25) is 0 Å². The highest BCUT2D eigenvalue weighted by Gasteiger charge is 2.43. The Balaban J connectivity index is 1.40. The third kappa shape index (κ3) is 3.70. The first-order chi connectivity index (χ1) is 13.4. The summed E-state index contributed by atoms with van der Waals surface area (Å²) in [4.78, 5) is 26.8. The predicted molar refractivity (Wildman–Crippen MR) is 105 cm³/mol. The van der Waals surface area contributed by atoms with Crippen molar-refractivity contribution in [3.63, 3.8) is 0 Å². The molecule has 1 amide bonds. The highest BCUT2D eigenvalue weighted by Crippen LogP contribution is 2.39. The summed E-state index contributed by atoms with van der Waals surface area (Å²) >= 11 is 0. The Morgan fingerprint density at radius 1 is 1.14 bits per heavy atom. The van der Waals surface area contributed by atoms with Crippen LogP contribution in [0.1, 0.15) is 40.7 Å². The van der Waals surface area contributed by atoms with Gasteiger partial charge in [0.2, 0.25) is 5.91 Å². The molecule has 4 nitrogen and oxygen atoms in total. The van der Waals surface area contributed by atoms with Crippen molar-refractivity contribution in [2.24, 2.45) is 0 Å². The smallest absolute Gasteiger partial charge is 0.246 e. The molecule has 0 unspecified atom stereocenters. The molecule has 1 fully saturated rings. The van der Waals surface area contributed by atoms with Gasteiger partial charge in [-0.3, -0.25) is 9.59 Å². The Kier molecular flexibility index (Phi) is 4.75. The zero-order valence-electron chi connectivity index (χ0n) is 15.8. The van der Waals surface area contributed by atoms with Crippen molar-refractivity contribution >= 4 is 17.8 Å². The number of ether oxygens (including phenoxy) is 1. The number of likely N-dealkylation sites (tertiary alicyclic amines) is 1. The summed E-state index contributed by atoms with van der Waals surface area (Å²) in [5.41, 5.74) is 1.96. The van der Waals surface area contributed by atoms with Crippen LogP contribution in [0.4, 0.5) is 4.39 Å². The Morgan fingerprint density at radius 2 is 1.86 bits per heavy atom. The van der Waals surface area contributed by atoms with E-state index in [1.807, 2.05) is 25.1 Å². The lowest BCUT2D eigenvalue weighted by atomic mass is 9.82. The fourth-order valence-electron chi connectivity index (χ4n) is 3.87. The lowest BCUT2D eigenvalue weighted by molar-refractivity contribution is -0.129. The van der Waals surface area contributed by atoms with Gasteiger partial charge in [0.15, 0.2) is 5.78 Å². The maximum atomic E-state index is 13.0. The van der Waals surface area contributed by atoms with Gasteiger partial charge in [-0.1, -0.05) is 23.8 Å². The van der Waals surface area contributed by atoms with Gasteiger partial charge in [0, 0.05) is 32.0 Å². The van der Waals surface area contributed by atoms with Crippen LogP contribution in [-0.2, 0) is 4.79 Å². The van der Waals surface area contributed by atoms with E-state index in [1.54, 1.807) is 23.1 Å². The summed E-state index contributed by atoms with van der Waals surface area (Å²) in [5, 5.41) is 0. The van der Waals surface area contributed by atoms with Crippen LogP contribution in [0, 0.1) is 12.7 Å². The lowest BCUT2D eigenvalue weighted by Gasteiger charge is -2.43. The van der Waals surface area contributed by atoms with E-state index in [9.17, 15) is 14.0 Å². The average Bonchev–Trinajstić information content (AvgIpc) is 2.69. The molecule has 0 radical (unpaired) electrons. The number of aryl methyl sites for hydroxylation is 1. The minimum absolute atomic E-state index is 0.0858. The van der Waals surface area contributed by atoms with E-state index in [0.717, 1.165) is 11.1 Å². The molecule has 0 N–H and O–H groups in total. The quantitative estimate of drug-likeness (QED) is 0.736. The van der Waals surface area contributed by atoms with Crippen molar-refractivity contribution in [1.29, 1.82) is 0 Å². The molecular formula is C23H22FNO3. The van der Waals surface area contributed by atoms with Gasteiger partial charge in [-0.05, 0) is 42.8 Å². The second-order valence-electron chi connectivity index (χ2n) is 7.59. The number of benzene rings is 2. The maximum Gasteiger partial charge on any atom is 0.246 e. The van der Waals surface area contributed by atoms with Crippen molar-refractivity contribution in [3.05, 3.63) is 71.0 Å². The zero-order valence-corrected chi connectivity index (χ0v) is 15.8. The molecule has 1 saturated heterocycles. The Labute approximate surface area is 163 Å². The normalized spacial score (nSPS) is 18.2. The van der Waals surface area contributed by atoms with E-state index < -0.39 is 5.60 Å². The van der Waals surface area contributed by atoms with E-state index in [-0.39, 0.29) is 17.5 Å². The van der Waals surface area contributed by atoms with Crippen molar-refractivity contribution in [2.75, 3.05) is 13.1 Å². The topological polar surface area (TPSA) is 46.6 Å². The first kappa shape index (κ1) is 18.4. The van der Waals surface area contributed by atoms with Crippen molar-refractivity contribution in [3.8, 4) is 5.75 Å². The highest BCUT2D eigenvalue weighted by atomic mass is 19.1. The van der Waals surface area contributed by atoms with Crippen LogP contribution in [0.25, 0.3) is 6.08 Å². The number of Topliss-reactive ketones (excluding diaryl/α,β-unsaturated/α-hetero) is 1. The third-order valence-electron chi connectivity index (χ3n) is 5.52. The van der Waals surface area contributed by atoms with Crippen molar-refractivity contribution in [2.45, 2.75) is 31.8 Å². The third-order valence-corrected chi connectivity index (χ3v) is 5.52. The number of nitrogens with zero attached hydrogens (tertiary/aromatic N) is 1. The molecule has 0 aromatic heterocycles.